The minimum atomic E-state index is -0.114. The number of rotatable bonds is 8. The summed E-state index contributed by atoms with van der Waals surface area (Å²) in [6.07, 6.45) is 4.92. The van der Waals surface area contributed by atoms with Gasteiger partial charge in [-0.2, -0.15) is 5.10 Å². The van der Waals surface area contributed by atoms with Crippen molar-refractivity contribution in [3.63, 3.8) is 0 Å². The Bertz CT molecular complexity index is 960. The fraction of sp³-hybridized carbons (Fsp3) is 0.304. The molecule has 0 fully saturated rings. The zero-order valence-electron chi connectivity index (χ0n) is 17.0. The third-order valence-corrected chi connectivity index (χ3v) is 4.89. The second-order valence-electron chi connectivity index (χ2n) is 7.46. The Morgan fingerprint density at radius 1 is 1.21 bits per heavy atom. The molecule has 0 aliphatic heterocycles. The largest absolute Gasteiger partial charge is 0.467 e. The average Bonchev–Trinajstić information content (AvgIpc) is 3.28. The molecule has 0 atom stereocenters. The van der Waals surface area contributed by atoms with Gasteiger partial charge < -0.3 is 9.32 Å². The molecule has 0 saturated carbocycles. The van der Waals surface area contributed by atoms with Gasteiger partial charge in [-0.05, 0) is 36.6 Å². The molecule has 152 valence electrons. The minimum Gasteiger partial charge on any atom is -0.467 e. The van der Waals surface area contributed by atoms with E-state index in [4.69, 9.17) is 16.0 Å². The lowest BCUT2D eigenvalue weighted by Gasteiger charge is -2.20. The predicted octanol–water partition coefficient (Wildman–Crippen LogP) is 5.34. The molecule has 6 heteroatoms. The summed E-state index contributed by atoms with van der Waals surface area (Å²) in [6.45, 7) is 7.75. The van der Waals surface area contributed by atoms with Gasteiger partial charge >= 0.3 is 0 Å². The Balaban J connectivity index is 1.79. The van der Waals surface area contributed by atoms with E-state index < -0.39 is 0 Å². The maximum Gasteiger partial charge on any atom is 0.247 e. The van der Waals surface area contributed by atoms with Crippen molar-refractivity contribution in [1.82, 2.24) is 14.7 Å². The fourth-order valence-corrected chi connectivity index (χ4v) is 3.40. The van der Waals surface area contributed by atoms with Crippen LogP contribution in [0.15, 0.2) is 59.2 Å². The van der Waals surface area contributed by atoms with Crippen LogP contribution in [0.5, 0.6) is 0 Å². The third-order valence-electron chi connectivity index (χ3n) is 4.49. The Morgan fingerprint density at radius 3 is 2.62 bits per heavy atom. The number of carbonyl (C=O) groups is 1. The predicted molar refractivity (Wildman–Crippen MR) is 115 cm³/mol. The van der Waals surface area contributed by atoms with Crippen molar-refractivity contribution < 1.29 is 9.21 Å². The maximum absolute atomic E-state index is 13.0. The molecular formula is C23H26ClN3O2. The summed E-state index contributed by atoms with van der Waals surface area (Å²) in [4.78, 5) is 14.7. The lowest BCUT2D eigenvalue weighted by molar-refractivity contribution is -0.127. The summed E-state index contributed by atoms with van der Waals surface area (Å²) in [5, 5.41) is 5.05. The van der Waals surface area contributed by atoms with Crippen molar-refractivity contribution in [3.05, 3.63) is 82.5 Å². The molecule has 5 nitrogen and oxygen atoms in total. The molecule has 2 aromatic heterocycles. The van der Waals surface area contributed by atoms with Crippen LogP contribution in [0, 0.1) is 12.8 Å². The van der Waals surface area contributed by atoms with Crippen LogP contribution in [0.3, 0.4) is 0 Å². The molecule has 0 saturated heterocycles. The highest BCUT2D eigenvalue weighted by Crippen LogP contribution is 2.22. The number of hydrogen-bond donors (Lipinski definition) is 0. The smallest absolute Gasteiger partial charge is 0.247 e. The molecule has 1 amide bonds. The molecule has 0 aliphatic carbocycles. The van der Waals surface area contributed by atoms with Crippen molar-refractivity contribution in [1.29, 1.82) is 0 Å². The summed E-state index contributed by atoms with van der Waals surface area (Å²) in [6, 6.07) is 13.6. The SMILES string of the molecule is Cc1nn(CC(C)C)c(Cl)c1C=CC(=O)N(Cc1ccccc1)Cc1ccco1. The van der Waals surface area contributed by atoms with Crippen LogP contribution in [0.1, 0.15) is 36.4 Å². The Labute approximate surface area is 176 Å². The van der Waals surface area contributed by atoms with E-state index in [1.165, 1.54) is 0 Å². The van der Waals surface area contributed by atoms with E-state index in [9.17, 15) is 4.79 Å². The lowest BCUT2D eigenvalue weighted by atomic mass is 10.2. The number of aryl methyl sites for hydroxylation is 1. The van der Waals surface area contributed by atoms with Crippen molar-refractivity contribution in [2.75, 3.05) is 0 Å². The van der Waals surface area contributed by atoms with Gasteiger partial charge in [-0.1, -0.05) is 55.8 Å². The van der Waals surface area contributed by atoms with E-state index in [0.717, 1.165) is 29.1 Å². The molecule has 1 aromatic carbocycles. The first kappa shape index (κ1) is 20.9. The van der Waals surface area contributed by atoms with Crippen molar-refractivity contribution in [2.45, 2.75) is 40.4 Å². The highest BCUT2D eigenvalue weighted by Gasteiger charge is 2.16. The standard InChI is InChI=1S/C23H26ClN3O2/c1-17(2)14-27-23(24)21(18(3)25-27)11-12-22(28)26(16-20-10-7-13-29-20)15-19-8-5-4-6-9-19/h4-13,17H,14-16H2,1-3H3. The van der Waals surface area contributed by atoms with Crippen LogP contribution in [0.2, 0.25) is 5.15 Å². The van der Waals surface area contributed by atoms with Crippen LogP contribution in [-0.2, 0) is 24.4 Å². The molecule has 0 unspecified atom stereocenters. The maximum atomic E-state index is 13.0. The first-order valence-corrected chi connectivity index (χ1v) is 10.1. The number of nitrogens with zero attached hydrogens (tertiary/aromatic N) is 3. The number of aromatic nitrogens is 2. The van der Waals surface area contributed by atoms with Gasteiger partial charge in [0.1, 0.15) is 10.9 Å². The van der Waals surface area contributed by atoms with Gasteiger partial charge in [0, 0.05) is 24.7 Å². The zero-order valence-corrected chi connectivity index (χ0v) is 17.8. The zero-order chi connectivity index (χ0) is 20.8. The van der Waals surface area contributed by atoms with Gasteiger partial charge in [-0.15, -0.1) is 0 Å². The van der Waals surface area contributed by atoms with E-state index in [0.29, 0.717) is 24.2 Å². The summed E-state index contributed by atoms with van der Waals surface area (Å²) < 4.78 is 7.23. The van der Waals surface area contributed by atoms with Crippen molar-refractivity contribution in [2.24, 2.45) is 5.92 Å². The van der Waals surface area contributed by atoms with E-state index >= 15 is 0 Å². The molecule has 0 aliphatic rings. The Morgan fingerprint density at radius 2 is 1.97 bits per heavy atom. The topological polar surface area (TPSA) is 51.3 Å². The number of furan rings is 1. The van der Waals surface area contributed by atoms with E-state index in [2.05, 4.69) is 18.9 Å². The molecule has 0 radical (unpaired) electrons. The Kier molecular flexibility index (Phi) is 6.94. The van der Waals surface area contributed by atoms with Gasteiger partial charge in [0.2, 0.25) is 5.91 Å². The number of benzene rings is 1. The summed E-state index contributed by atoms with van der Waals surface area (Å²) in [5.41, 5.74) is 2.64. The monoisotopic (exact) mass is 411 g/mol. The summed E-state index contributed by atoms with van der Waals surface area (Å²) >= 11 is 6.49. The van der Waals surface area contributed by atoms with Gasteiger partial charge in [0.05, 0.1) is 18.5 Å². The molecule has 0 spiro atoms. The average molecular weight is 412 g/mol. The van der Waals surface area contributed by atoms with Crippen molar-refractivity contribution >= 4 is 23.6 Å². The first-order chi connectivity index (χ1) is 13.9. The van der Waals surface area contributed by atoms with Crippen LogP contribution in [0.4, 0.5) is 0 Å². The minimum absolute atomic E-state index is 0.114. The fourth-order valence-electron chi connectivity index (χ4n) is 3.09. The highest BCUT2D eigenvalue weighted by molar-refractivity contribution is 6.31. The normalized spacial score (nSPS) is 11.5. The summed E-state index contributed by atoms with van der Waals surface area (Å²) in [5.74, 6) is 1.05. The van der Waals surface area contributed by atoms with Crippen LogP contribution < -0.4 is 0 Å². The second-order valence-corrected chi connectivity index (χ2v) is 7.82. The van der Waals surface area contributed by atoms with Crippen LogP contribution >= 0.6 is 11.6 Å². The molecular weight excluding hydrogens is 386 g/mol. The lowest BCUT2D eigenvalue weighted by Crippen LogP contribution is -2.28. The number of hydrogen-bond acceptors (Lipinski definition) is 3. The molecule has 2 heterocycles. The number of halogens is 1. The summed E-state index contributed by atoms with van der Waals surface area (Å²) in [7, 11) is 0. The number of amides is 1. The second kappa shape index (κ2) is 9.61. The Hall–Kier alpha value is -2.79. The van der Waals surface area contributed by atoms with E-state index in [1.807, 2.05) is 49.4 Å². The van der Waals surface area contributed by atoms with Crippen LogP contribution in [0.25, 0.3) is 6.08 Å². The van der Waals surface area contributed by atoms with Gasteiger partial charge in [0.25, 0.3) is 0 Å². The first-order valence-electron chi connectivity index (χ1n) is 9.70. The number of carbonyl (C=O) groups excluding carboxylic acids is 1. The van der Waals surface area contributed by atoms with Crippen molar-refractivity contribution in [3.8, 4) is 0 Å². The van der Waals surface area contributed by atoms with E-state index in [1.54, 1.807) is 28.0 Å². The third kappa shape index (κ3) is 5.61. The van der Waals surface area contributed by atoms with Gasteiger partial charge in [-0.3, -0.25) is 9.48 Å². The molecule has 29 heavy (non-hydrogen) atoms. The van der Waals surface area contributed by atoms with E-state index in [-0.39, 0.29) is 5.91 Å². The van der Waals surface area contributed by atoms with Crippen LogP contribution in [-0.4, -0.2) is 20.6 Å². The molecule has 0 N–H and O–H groups in total. The highest BCUT2D eigenvalue weighted by atomic mass is 35.5. The van der Waals surface area contributed by atoms with Gasteiger partial charge in [0.15, 0.2) is 0 Å². The molecule has 0 bridgehead atoms. The quantitative estimate of drug-likeness (QED) is 0.470. The molecule has 3 rings (SSSR count). The molecule has 3 aromatic rings. The van der Waals surface area contributed by atoms with Gasteiger partial charge in [-0.25, -0.2) is 0 Å².